The number of hydrogen-bond donors (Lipinski definition) is 0. The van der Waals surface area contributed by atoms with Crippen LogP contribution in [0.5, 0.6) is 0 Å². The summed E-state index contributed by atoms with van der Waals surface area (Å²) in [5, 5.41) is 0. The van der Waals surface area contributed by atoms with Crippen LogP contribution >= 0.6 is 11.8 Å². The number of morpholine rings is 1. The monoisotopic (exact) mass is 466 g/mol. The van der Waals surface area contributed by atoms with E-state index in [1.165, 1.54) is 31.0 Å². The zero-order valence-electron chi connectivity index (χ0n) is 19.6. The van der Waals surface area contributed by atoms with E-state index in [0.717, 1.165) is 23.3 Å². The van der Waals surface area contributed by atoms with Crippen LogP contribution in [-0.4, -0.2) is 59.7 Å². The van der Waals surface area contributed by atoms with Crippen LogP contribution in [-0.2, 0) is 9.53 Å². The van der Waals surface area contributed by atoms with Gasteiger partial charge in [0.15, 0.2) is 0 Å². The molecule has 1 aliphatic heterocycles. The largest absolute Gasteiger partial charge is 0.367 e. The summed E-state index contributed by atoms with van der Waals surface area (Å²) in [7, 11) is 1.93. The van der Waals surface area contributed by atoms with Gasteiger partial charge in [-0.15, -0.1) is 11.8 Å². The number of hydrogen-bond acceptors (Lipinski definition) is 4. The van der Waals surface area contributed by atoms with Crippen LogP contribution in [0.2, 0.25) is 0 Å². The van der Waals surface area contributed by atoms with Gasteiger partial charge in [-0.25, -0.2) is 0 Å². The zero-order chi connectivity index (χ0) is 23.2. The number of benzene rings is 2. The Bertz CT molecular complexity index is 945. The van der Waals surface area contributed by atoms with Gasteiger partial charge in [0.05, 0.1) is 24.0 Å². The molecule has 0 spiro atoms. The molecule has 6 heteroatoms. The van der Waals surface area contributed by atoms with Gasteiger partial charge in [0.1, 0.15) is 6.10 Å². The van der Waals surface area contributed by atoms with E-state index in [1.54, 1.807) is 0 Å². The molecular weight excluding hydrogens is 432 g/mol. The van der Waals surface area contributed by atoms with E-state index in [4.69, 9.17) is 4.74 Å². The van der Waals surface area contributed by atoms with Crippen molar-refractivity contribution >= 4 is 23.6 Å². The fourth-order valence-corrected chi connectivity index (χ4v) is 5.79. The molecule has 0 N–H and O–H groups in total. The van der Waals surface area contributed by atoms with Crippen LogP contribution in [0.15, 0.2) is 59.5 Å². The van der Waals surface area contributed by atoms with Gasteiger partial charge in [-0.2, -0.15) is 0 Å². The lowest BCUT2D eigenvalue weighted by Crippen LogP contribution is -2.46. The first kappa shape index (κ1) is 23.8. The van der Waals surface area contributed by atoms with Crippen LogP contribution in [0.25, 0.3) is 0 Å². The molecule has 2 amide bonds. The summed E-state index contributed by atoms with van der Waals surface area (Å²) < 4.78 is 6.13. The Kier molecular flexibility index (Phi) is 8.10. The topological polar surface area (TPSA) is 49.9 Å². The summed E-state index contributed by atoms with van der Waals surface area (Å²) in [6.07, 6.45) is 5.69. The Labute approximate surface area is 201 Å². The molecule has 176 valence electrons. The van der Waals surface area contributed by atoms with Gasteiger partial charge in [0, 0.05) is 24.5 Å². The van der Waals surface area contributed by atoms with Gasteiger partial charge in [0.2, 0.25) is 5.91 Å². The van der Waals surface area contributed by atoms with Gasteiger partial charge in [-0.05, 0) is 37.5 Å². The minimum Gasteiger partial charge on any atom is -0.367 e. The van der Waals surface area contributed by atoms with Crippen molar-refractivity contribution in [2.24, 2.45) is 0 Å². The van der Waals surface area contributed by atoms with Crippen molar-refractivity contribution in [3.63, 3.8) is 0 Å². The molecule has 5 nitrogen and oxygen atoms in total. The molecule has 1 saturated carbocycles. The van der Waals surface area contributed by atoms with Gasteiger partial charge in [-0.1, -0.05) is 61.7 Å². The van der Waals surface area contributed by atoms with E-state index < -0.39 is 0 Å². The number of rotatable bonds is 6. The van der Waals surface area contributed by atoms with E-state index >= 15 is 0 Å². The van der Waals surface area contributed by atoms with Gasteiger partial charge in [0.25, 0.3) is 5.91 Å². The first-order valence-corrected chi connectivity index (χ1v) is 13.0. The zero-order valence-corrected chi connectivity index (χ0v) is 20.4. The maximum atomic E-state index is 13.5. The first-order valence-electron chi connectivity index (χ1n) is 12.0. The molecule has 2 aliphatic rings. The second kappa shape index (κ2) is 11.2. The van der Waals surface area contributed by atoms with Crippen LogP contribution < -0.4 is 0 Å². The number of carbonyl (C=O) groups is 2. The SMILES string of the molecule is CC1CN(C(=O)c2ccccc2SCC(=O)N(C)C2CCCCC2)CC(c2ccccc2)O1. The lowest BCUT2D eigenvalue weighted by molar-refractivity contribution is -0.129. The van der Waals surface area contributed by atoms with Gasteiger partial charge < -0.3 is 14.5 Å². The molecule has 0 radical (unpaired) electrons. The Morgan fingerprint density at radius 3 is 2.45 bits per heavy atom. The Morgan fingerprint density at radius 1 is 1.00 bits per heavy atom. The van der Waals surface area contributed by atoms with Crippen molar-refractivity contribution in [2.75, 3.05) is 25.9 Å². The number of nitrogens with zero attached hydrogens (tertiary/aromatic N) is 2. The van der Waals surface area contributed by atoms with Crippen LogP contribution in [0.4, 0.5) is 0 Å². The Hall–Kier alpha value is -2.31. The molecule has 0 bridgehead atoms. The van der Waals surface area contributed by atoms with Crippen LogP contribution in [0.3, 0.4) is 0 Å². The lowest BCUT2D eigenvalue weighted by Gasteiger charge is -2.37. The van der Waals surface area contributed by atoms with Crippen LogP contribution in [0.1, 0.15) is 61.1 Å². The summed E-state index contributed by atoms with van der Waals surface area (Å²) in [5.74, 6) is 0.490. The lowest BCUT2D eigenvalue weighted by atomic mass is 9.94. The molecule has 2 fully saturated rings. The van der Waals surface area contributed by atoms with E-state index in [-0.39, 0.29) is 24.0 Å². The highest BCUT2D eigenvalue weighted by Gasteiger charge is 2.31. The predicted molar refractivity (Wildman–Crippen MR) is 132 cm³/mol. The molecule has 2 aromatic carbocycles. The first-order chi connectivity index (χ1) is 16.0. The third-order valence-electron chi connectivity index (χ3n) is 6.70. The van der Waals surface area contributed by atoms with Crippen molar-refractivity contribution in [2.45, 2.75) is 62.2 Å². The number of amides is 2. The highest BCUT2D eigenvalue weighted by Crippen LogP contribution is 2.30. The molecule has 1 heterocycles. The third kappa shape index (κ3) is 5.98. The maximum Gasteiger partial charge on any atom is 0.255 e. The summed E-state index contributed by atoms with van der Waals surface area (Å²) in [6.45, 7) is 3.09. The third-order valence-corrected chi connectivity index (χ3v) is 7.76. The van der Waals surface area contributed by atoms with Gasteiger partial charge >= 0.3 is 0 Å². The summed E-state index contributed by atoms with van der Waals surface area (Å²) >= 11 is 1.47. The second-order valence-corrected chi connectivity index (χ2v) is 10.2. The quantitative estimate of drug-likeness (QED) is 0.551. The Balaban J connectivity index is 1.43. The summed E-state index contributed by atoms with van der Waals surface area (Å²) in [4.78, 5) is 31.0. The van der Waals surface area contributed by atoms with E-state index in [0.29, 0.717) is 30.4 Å². The van der Waals surface area contributed by atoms with Crippen molar-refractivity contribution in [1.29, 1.82) is 0 Å². The normalized spacial score (nSPS) is 21.6. The van der Waals surface area contributed by atoms with E-state index in [1.807, 2.05) is 78.4 Å². The van der Waals surface area contributed by atoms with E-state index in [2.05, 4.69) is 0 Å². The number of carbonyl (C=O) groups excluding carboxylic acids is 2. The fraction of sp³-hybridized carbons (Fsp3) is 0.481. The minimum absolute atomic E-state index is 0.00210. The molecule has 1 aliphatic carbocycles. The smallest absolute Gasteiger partial charge is 0.255 e. The fourth-order valence-electron chi connectivity index (χ4n) is 4.82. The molecule has 4 rings (SSSR count). The maximum absolute atomic E-state index is 13.5. The van der Waals surface area contributed by atoms with E-state index in [9.17, 15) is 9.59 Å². The van der Waals surface area contributed by atoms with Crippen molar-refractivity contribution in [3.05, 3.63) is 65.7 Å². The minimum atomic E-state index is -0.135. The molecular formula is C27H34N2O3S. The summed E-state index contributed by atoms with van der Waals surface area (Å²) in [6, 6.07) is 18.1. The standard InChI is InChI=1S/C27H34N2O3S/c1-20-17-29(18-24(32-20)21-11-5-3-6-12-21)27(31)23-15-9-10-16-25(23)33-19-26(30)28(2)22-13-7-4-8-14-22/h3,5-6,9-12,15-16,20,22,24H,4,7-8,13-14,17-19H2,1-2H3. The van der Waals surface area contributed by atoms with Gasteiger partial charge in [-0.3, -0.25) is 9.59 Å². The molecule has 0 aromatic heterocycles. The molecule has 33 heavy (non-hydrogen) atoms. The average molecular weight is 467 g/mol. The van der Waals surface area contributed by atoms with Crippen molar-refractivity contribution in [1.82, 2.24) is 9.80 Å². The molecule has 2 unspecified atom stereocenters. The molecule has 1 saturated heterocycles. The number of thioether (sulfide) groups is 1. The number of ether oxygens (including phenoxy) is 1. The van der Waals surface area contributed by atoms with Crippen molar-refractivity contribution < 1.29 is 14.3 Å². The Morgan fingerprint density at radius 2 is 1.70 bits per heavy atom. The molecule has 2 aromatic rings. The summed E-state index contributed by atoms with van der Waals surface area (Å²) in [5.41, 5.74) is 1.75. The van der Waals surface area contributed by atoms with Crippen LogP contribution in [0, 0.1) is 0 Å². The highest BCUT2D eigenvalue weighted by atomic mass is 32.2. The predicted octanol–water partition coefficient (Wildman–Crippen LogP) is 5.17. The molecule has 2 atom stereocenters. The average Bonchev–Trinajstić information content (AvgIpc) is 2.87. The highest BCUT2D eigenvalue weighted by molar-refractivity contribution is 8.00. The second-order valence-electron chi connectivity index (χ2n) is 9.14. The van der Waals surface area contributed by atoms with Crippen molar-refractivity contribution in [3.8, 4) is 0 Å².